The Hall–Kier alpha value is -3.64. The highest BCUT2D eigenvalue weighted by atomic mass is 16.5. The predicted molar refractivity (Wildman–Crippen MR) is 117 cm³/mol. The summed E-state index contributed by atoms with van der Waals surface area (Å²) in [6.07, 6.45) is -1.03. The standard InChI is InChI=1S/C25H24N2O4/c1-18-10-8-9-15-22(18)31-17-21(28)16-27-23(29)25(26-24(27)30,19-11-4-2-5-12-19)20-13-6-3-7-14-20/h2-15,21,28H,16-17H2,1H3,(H,26,30)/t21-/m0/s1. The number of aliphatic hydroxyl groups excluding tert-OH is 1. The zero-order chi connectivity index (χ0) is 21.8. The van der Waals surface area contributed by atoms with Gasteiger partial charge in [-0.15, -0.1) is 0 Å². The molecule has 31 heavy (non-hydrogen) atoms. The van der Waals surface area contributed by atoms with E-state index < -0.39 is 23.6 Å². The maximum absolute atomic E-state index is 13.6. The normalized spacial score (nSPS) is 16.1. The highest BCUT2D eigenvalue weighted by Gasteiger charge is 2.53. The van der Waals surface area contributed by atoms with Crippen LogP contribution in [0.3, 0.4) is 0 Å². The first kappa shape index (κ1) is 20.6. The average molecular weight is 416 g/mol. The SMILES string of the molecule is Cc1ccccc1OC[C@@H](O)CN1C(=O)NC(c2ccccc2)(c2ccccc2)C1=O. The number of aryl methyl sites for hydroxylation is 1. The van der Waals surface area contributed by atoms with E-state index in [0.717, 1.165) is 10.5 Å². The van der Waals surface area contributed by atoms with E-state index in [-0.39, 0.29) is 13.2 Å². The minimum Gasteiger partial charge on any atom is -0.491 e. The minimum atomic E-state index is -1.34. The molecule has 3 amide bonds. The third kappa shape index (κ3) is 3.90. The van der Waals surface area contributed by atoms with Crippen LogP contribution in [-0.4, -0.2) is 41.2 Å². The fourth-order valence-corrected chi connectivity index (χ4v) is 3.84. The fourth-order valence-electron chi connectivity index (χ4n) is 3.84. The number of benzene rings is 3. The van der Waals surface area contributed by atoms with Crippen LogP contribution in [0.5, 0.6) is 5.75 Å². The Labute approximate surface area is 181 Å². The summed E-state index contributed by atoms with van der Waals surface area (Å²) < 4.78 is 5.68. The third-order valence-electron chi connectivity index (χ3n) is 5.44. The Bertz CT molecular complexity index is 1030. The molecule has 0 unspecified atom stereocenters. The van der Waals surface area contributed by atoms with Crippen LogP contribution < -0.4 is 10.1 Å². The van der Waals surface area contributed by atoms with Crippen LogP contribution in [0.4, 0.5) is 4.79 Å². The number of para-hydroxylation sites is 1. The molecule has 1 atom stereocenters. The van der Waals surface area contributed by atoms with Gasteiger partial charge in [-0.05, 0) is 29.7 Å². The van der Waals surface area contributed by atoms with E-state index in [0.29, 0.717) is 16.9 Å². The topological polar surface area (TPSA) is 78.9 Å². The number of amides is 3. The number of carbonyl (C=O) groups is 2. The molecule has 6 nitrogen and oxygen atoms in total. The van der Waals surface area contributed by atoms with Crippen LogP contribution in [0.25, 0.3) is 0 Å². The van der Waals surface area contributed by atoms with Gasteiger partial charge in [-0.2, -0.15) is 0 Å². The monoisotopic (exact) mass is 416 g/mol. The highest BCUT2D eigenvalue weighted by Crippen LogP contribution is 2.36. The Morgan fingerprint density at radius 3 is 2.03 bits per heavy atom. The summed E-state index contributed by atoms with van der Waals surface area (Å²) in [5.41, 5.74) is 0.924. The van der Waals surface area contributed by atoms with Gasteiger partial charge in [-0.1, -0.05) is 78.9 Å². The molecule has 2 N–H and O–H groups in total. The number of β-amino-alcohol motifs (C(OH)–C–C–N with tert-alkyl or cyclic N) is 1. The third-order valence-corrected chi connectivity index (χ3v) is 5.44. The van der Waals surface area contributed by atoms with Crippen molar-refractivity contribution in [2.45, 2.75) is 18.6 Å². The second-order valence-electron chi connectivity index (χ2n) is 7.56. The molecule has 3 aromatic rings. The van der Waals surface area contributed by atoms with Crippen molar-refractivity contribution in [3.63, 3.8) is 0 Å². The van der Waals surface area contributed by atoms with E-state index in [9.17, 15) is 14.7 Å². The average Bonchev–Trinajstić information content (AvgIpc) is 3.05. The molecule has 3 aromatic carbocycles. The summed E-state index contributed by atoms with van der Waals surface area (Å²) in [7, 11) is 0. The largest absolute Gasteiger partial charge is 0.491 e. The summed E-state index contributed by atoms with van der Waals surface area (Å²) in [6.45, 7) is 1.71. The van der Waals surface area contributed by atoms with Crippen molar-refractivity contribution < 1.29 is 19.4 Å². The van der Waals surface area contributed by atoms with Gasteiger partial charge in [-0.25, -0.2) is 4.79 Å². The number of aliphatic hydroxyl groups is 1. The predicted octanol–water partition coefficient (Wildman–Crippen LogP) is 3.23. The molecular formula is C25H24N2O4. The molecule has 0 saturated carbocycles. The number of hydrogen-bond donors (Lipinski definition) is 2. The molecule has 158 valence electrons. The first-order valence-corrected chi connectivity index (χ1v) is 10.1. The minimum absolute atomic E-state index is 0.0361. The van der Waals surface area contributed by atoms with Gasteiger partial charge in [0.05, 0.1) is 6.54 Å². The van der Waals surface area contributed by atoms with Crippen molar-refractivity contribution >= 4 is 11.9 Å². The number of ether oxygens (including phenoxy) is 1. The van der Waals surface area contributed by atoms with Crippen molar-refractivity contribution in [3.8, 4) is 5.75 Å². The van der Waals surface area contributed by atoms with Gasteiger partial charge in [-0.3, -0.25) is 9.69 Å². The van der Waals surface area contributed by atoms with Crippen LogP contribution in [0.2, 0.25) is 0 Å². The molecule has 0 spiro atoms. The van der Waals surface area contributed by atoms with E-state index in [1.165, 1.54) is 0 Å². The summed E-state index contributed by atoms with van der Waals surface area (Å²) in [4.78, 5) is 27.5. The zero-order valence-electron chi connectivity index (χ0n) is 17.2. The Balaban J connectivity index is 1.57. The number of carbonyl (C=O) groups excluding carboxylic acids is 2. The quantitative estimate of drug-likeness (QED) is 0.580. The van der Waals surface area contributed by atoms with Crippen LogP contribution in [0, 0.1) is 6.92 Å². The summed E-state index contributed by atoms with van der Waals surface area (Å²) in [6, 6.07) is 25.2. The molecule has 0 aromatic heterocycles. The van der Waals surface area contributed by atoms with Gasteiger partial charge in [0.15, 0.2) is 5.54 Å². The maximum atomic E-state index is 13.6. The maximum Gasteiger partial charge on any atom is 0.325 e. The molecule has 1 saturated heterocycles. The first-order chi connectivity index (χ1) is 15.0. The second kappa shape index (κ2) is 8.62. The summed E-state index contributed by atoms with van der Waals surface area (Å²) in [5.74, 6) is 0.228. The van der Waals surface area contributed by atoms with Gasteiger partial charge in [0.25, 0.3) is 5.91 Å². The van der Waals surface area contributed by atoms with Crippen LogP contribution in [0.1, 0.15) is 16.7 Å². The van der Waals surface area contributed by atoms with E-state index in [4.69, 9.17) is 4.74 Å². The van der Waals surface area contributed by atoms with E-state index in [2.05, 4.69) is 5.32 Å². The molecule has 0 radical (unpaired) electrons. The number of nitrogens with one attached hydrogen (secondary N) is 1. The van der Waals surface area contributed by atoms with Crippen molar-refractivity contribution in [2.75, 3.05) is 13.2 Å². The first-order valence-electron chi connectivity index (χ1n) is 10.1. The van der Waals surface area contributed by atoms with Gasteiger partial charge < -0.3 is 15.2 Å². The molecule has 1 aliphatic rings. The lowest BCUT2D eigenvalue weighted by atomic mass is 9.82. The second-order valence-corrected chi connectivity index (χ2v) is 7.56. The van der Waals surface area contributed by atoms with Crippen LogP contribution >= 0.6 is 0 Å². The lowest BCUT2D eigenvalue weighted by molar-refractivity contribution is -0.131. The fraction of sp³-hybridized carbons (Fsp3) is 0.200. The summed E-state index contributed by atoms with van der Waals surface area (Å²) >= 11 is 0. The smallest absolute Gasteiger partial charge is 0.325 e. The van der Waals surface area contributed by atoms with Crippen LogP contribution in [-0.2, 0) is 10.3 Å². The summed E-state index contributed by atoms with van der Waals surface area (Å²) in [5, 5.41) is 13.4. The molecular weight excluding hydrogens is 392 g/mol. The number of imide groups is 1. The Morgan fingerprint density at radius 2 is 1.45 bits per heavy atom. The molecule has 4 rings (SSSR count). The van der Waals surface area contributed by atoms with E-state index >= 15 is 0 Å². The molecule has 0 bridgehead atoms. The lowest BCUT2D eigenvalue weighted by Crippen LogP contribution is -2.46. The molecule has 6 heteroatoms. The highest BCUT2D eigenvalue weighted by molar-refractivity contribution is 6.09. The van der Waals surface area contributed by atoms with Crippen LogP contribution in [0.15, 0.2) is 84.9 Å². The Kier molecular flexibility index (Phi) is 5.73. The zero-order valence-corrected chi connectivity index (χ0v) is 17.2. The van der Waals surface area contributed by atoms with Gasteiger partial charge >= 0.3 is 6.03 Å². The van der Waals surface area contributed by atoms with E-state index in [1.54, 1.807) is 0 Å². The van der Waals surface area contributed by atoms with Gasteiger partial charge in [0, 0.05) is 0 Å². The molecule has 0 aliphatic carbocycles. The van der Waals surface area contributed by atoms with Crippen molar-refractivity contribution in [1.82, 2.24) is 10.2 Å². The van der Waals surface area contributed by atoms with Crippen molar-refractivity contribution in [3.05, 3.63) is 102 Å². The van der Waals surface area contributed by atoms with Crippen molar-refractivity contribution in [1.29, 1.82) is 0 Å². The van der Waals surface area contributed by atoms with Gasteiger partial charge in [0.2, 0.25) is 0 Å². The number of rotatable bonds is 7. The van der Waals surface area contributed by atoms with E-state index in [1.807, 2.05) is 91.9 Å². The number of nitrogens with zero attached hydrogens (tertiary/aromatic N) is 1. The number of hydrogen-bond acceptors (Lipinski definition) is 4. The number of urea groups is 1. The van der Waals surface area contributed by atoms with Crippen molar-refractivity contribution in [2.24, 2.45) is 0 Å². The molecule has 1 heterocycles. The van der Waals surface area contributed by atoms with Gasteiger partial charge in [0.1, 0.15) is 18.5 Å². The molecule has 1 aliphatic heterocycles. The Morgan fingerprint density at radius 1 is 0.903 bits per heavy atom. The lowest BCUT2D eigenvalue weighted by Gasteiger charge is -2.28. The molecule has 1 fully saturated rings.